The molecule has 2 aromatic rings. The Balaban J connectivity index is 2.34. The van der Waals surface area contributed by atoms with Crippen LogP contribution in [-0.2, 0) is 6.42 Å². The molecular weight excluding hydrogens is 222 g/mol. The van der Waals surface area contributed by atoms with Crippen LogP contribution in [0, 0.1) is 0 Å². The summed E-state index contributed by atoms with van der Waals surface area (Å²) >= 11 is 1.57. The highest BCUT2D eigenvalue weighted by Gasteiger charge is 2.08. The second-order valence-electron chi connectivity index (χ2n) is 3.32. The van der Waals surface area contributed by atoms with Crippen molar-refractivity contribution in [3.63, 3.8) is 0 Å². The molecule has 1 aromatic heterocycles. The zero-order valence-electron chi connectivity index (χ0n) is 9.01. The highest BCUT2D eigenvalue weighted by Crippen LogP contribution is 2.31. The molecule has 0 saturated carbocycles. The average molecular weight is 235 g/mol. The fourth-order valence-corrected chi connectivity index (χ4v) is 2.37. The van der Waals surface area contributed by atoms with Crippen molar-refractivity contribution in [3.05, 3.63) is 35.3 Å². The maximum atomic E-state index is 8.84. The zero-order valence-corrected chi connectivity index (χ0v) is 9.83. The Kier molecular flexibility index (Phi) is 3.54. The van der Waals surface area contributed by atoms with Gasteiger partial charge in [-0.2, -0.15) is 0 Å². The molecule has 0 radical (unpaired) electrons. The number of nitrogens with zero attached hydrogens (tertiary/aromatic N) is 1. The molecule has 0 aliphatic carbocycles. The van der Waals surface area contributed by atoms with Crippen molar-refractivity contribution < 1.29 is 9.84 Å². The highest BCUT2D eigenvalue weighted by atomic mass is 32.1. The molecule has 1 aromatic carbocycles. The van der Waals surface area contributed by atoms with Gasteiger partial charge in [0.15, 0.2) is 0 Å². The smallest absolute Gasteiger partial charge is 0.129 e. The highest BCUT2D eigenvalue weighted by molar-refractivity contribution is 7.13. The van der Waals surface area contributed by atoms with Crippen LogP contribution in [-0.4, -0.2) is 23.8 Å². The van der Waals surface area contributed by atoms with Gasteiger partial charge in [0.1, 0.15) is 10.8 Å². The zero-order chi connectivity index (χ0) is 11.4. The van der Waals surface area contributed by atoms with E-state index < -0.39 is 0 Å². The average Bonchev–Trinajstić information content (AvgIpc) is 2.78. The molecule has 0 saturated heterocycles. The van der Waals surface area contributed by atoms with E-state index in [1.165, 1.54) is 0 Å². The lowest BCUT2D eigenvalue weighted by Gasteiger charge is -2.04. The van der Waals surface area contributed by atoms with Gasteiger partial charge in [0.25, 0.3) is 0 Å². The summed E-state index contributed by atoms with van der Waals surface area (Å²) in [6, 6.07) is 7.80. The van der Waals surface area contributed by atoms with Crippen molar-refractivity contribution in [2.75, 3.05) is 13.7 Å². The van der Waals surface area contributed by atoms with Crippen LogP contribution in [0.4, 0.5) is 0 Å². The first-order valence-corrected chi connectivity index (χ1v) is 5.91. The van der Waals surface area contributed by atoms with E-state index in [-0.39, 0.29) is 6.61 Å². The van der Waals surface area contributed by atoms with Crippen LogP contribution >= 0.6 is 11.3 Å². The van der Waals surface area contributed by atoms with Gasteiger partial charge in [-0.15, -0.1) is 11.3 Å². The topological polar surface area (TPSA) is 42.4 Å². The normalized spacial score (nSPS) is 10.4. The number of rotatable bonds is 4. The predicted octanol–water partition coefficient (Wildman–Crippen LogP) is 2.35. The molecule has 0 unspecified atom stereocenters. The van der Waals surface area contributed by atoms with Crippen LogP contribution in [0.1, 0.15) is 5.69 Å². The van der Waals surface area contributed by atoms with Crippen molar-refractivity contribution in [1.29, 1.82) is 0 Å². The lowest BCUT2D eigenvalue weighted by molar-refractivity contribution is 0.298. The fourth-order valence-electron chi connectivity index (χ4n) is 1.48. The summed E-state index contributed by atoms with van der Waals surface area (Å²) in [4.78, 5) is 4.46. The molecule has 0 amide bonds. The van der Waals surface area contributed by atoms with E-state index >= 15 is 0 Å². The largest absolute Gasteiger partial charge is 0.496 e. The van der Waals surface area contributed by atoms with Crippen LogP contribution in [0.15, 0.2) is 29.6 Å². The van der Waals surface area contributed by atoms with Crippen LogP contribution in [0.2, 0.25) is 0 Å². The molecule has 0 spiro atoms. The number of aliphatic hydroxyl groups excluding tert-OH is 1. The van der Waals surface area contributed by atoms with E-state index in [2.05, 4.69) is 4.98 Å². The maximum Gasteiger partial charge on any atom is 0.129 e. The molecule has 0 fully saturated rings. The number of thiazole rings is 1. The Labute approximate surface area is 98.4 Å². The van der Waals surface area contributed by atoms with Crippen molar-refractivity contribution in [2.24, 2.45) is 0 Å². The van der Waals surface area contributed by atoms with Crippen molar-refractivity contribution >= 4 is 11.3 Å². The van der Waals surface area contributed by atoms with Crippen molar-refractivity contribution in [3.8, 4) is 16.3 Å². The number of hydrogen-bond acceptors (Lipinski definition) is 4. The summed E-state index contributed by atoms with van der Waals surface area (Å²) in [5, 5.41) is 11.7. The molecule has 1 heterocycles. The second-order valence-corrected chi connectivity index (χ2v) is 4.18. The molecule has 4 heteroatoms. The number of para-hydroxylation sites is 1. The summed E-state index contributed by atoms with van der Waals surface area (Å²) in [5.74, 6) is 0.826. The molecule has 0 atom stereocenters. The third kappa shape index (κ3) is 2.23. The number of hydrogen-bond donors (Lipinski definition) is 1. The summed E-state index contributed by atoms with van der Waals surface area (Å²) < 4.78 is 5.29. The number of ether oxygens (including phenoxy) is 1. The molecular formula is C12H13NO2S. The van der Waals surface area contributed by atoms with Gasteiger partial charge in [0.2, 0.25) is 0 Å². The lowest BCUT2D eigenvalue weighted by atomic mass is 10.2. The molecule has 0 aliphatic rings. The van der Waals surface area contributed by atoms with Crippen molar-refractivity contribution in [2.45, 2.75) is 6.42 Å². The predicted molar refractivity (Wildman–Crippen MR) is 64.9 cm³/mol. The summed E-state index contributed by atoms with van der Waals surface area (Å²) in [6.45, 7) is 0.134. The monoisotopic (exact) mass is 235 g/mol. The van der Waals surface area contributed by atoms with Gasteiger partial charge in [-0.1, -0.05) is 12.1 Å². The molecule has 2 rings (SSSR count). The molecule has 0 aliphatic heterocycles. The number of methoxy groups -OCH3 is 1. The number of aliphatic hydroxyl groups is 1. The van der Waals surface area contributed by atoms with Crippen LogP contribution in [0.25, 0.3) is 10.6 Å². The maximum absolute atomic E-state index is 8.84. The summed E-state index contributed by atoms with van der Waals surface area (Å²) in [7, 11) is 1.65. The minimum atomic E-state index is 0.134. The molecule has 84 valence electrons. The summed E-state index contributed by atoms with van der Waals surface area (Å²) in [5.41, 5.74) is 1.92. The number of benzene rings is 1. The Morgan fingerprint density at radius 1 is 1.38 bits per heavy atom. The minimum Gasteiger partial charge on any atom is -0.496 e. The van der Waals surface area contributed by atoms with E-state index in [0.717, 1.165) is 22.0 Å². The number of aromatic nitrogens is 1. The van der Waals surface area contributed by atoms with Crippen LogP contribution in [0.5, 0.6) is 5.75 Å². The standard InChI is InChI=1S/C12H13NO2S/c1-15-11-5-3-2-4-10(11)12-13-9(6-7-14)8-16-12/h2-5,8,14H,6-7H2,1H3. The first-order valence-electron chi connectivity index (χ1n) is 5.04. The third-order valence-corrected chi connectivity index (χ3v) is 3.18. The van der Waals surface area contributed by atoms with Gasteiger partial charge in [-0.3, -0.25) is 0 Å². The lowest BCUT2D eigenvalue weighted by Crippen LogP contribution is -1.91. The first kappa shape index (κ1) is 11.1. The van der Waals surface area contributed by atoms with Gasteiger partial charge in [-0.25, -0.2) is 4.98 Å². The second kappa shape index (κ2) is 5.09. The first-order chi connectivity index (χ1) is 7.85. The quantitative estimate of drug-likeness (QED) is 0.884. The van der Waals surface area contributed by atoms with Gasteiger partial charge in [0.05, 0.1) is 18.4 Å². The molecule has 1 N–H and O–H groups in total. The van der Waals surface area contributed by atoms with Gasteiger partial charge < -0.3 is 9.84 Å². The molecule has 0 bridgehead atoms. The third-order valence-electron chi connectivity index (χ3n) is 2.26. The molecule has 16 heavy (non-hydrogen) atoms. The minimum absolute atomic E-state index is 0.134. The van der Waals surface area contributed by atoms with Crippen molar-refractivity contribution in [1.82, 2.24) is 4.98 Å². The Bertz CT molecular complexity index is 468. The van der Waals surface area contributed by atoms with Gasteiger partial charge >= 0.3 is 0 Å². The van der Waals surface area contributed by atoms with E-state index in [4.69, 9.17) is 9.84 Å². The van der Waals surface area contributed by atoms with E-state index in [9.17, 15) is 0 Å². The van der Waals surface area contributed by atoms with E-state index in [0.29, 0.717) is 6.42 Å². The van der Waals surface area contributed by atoms with Crippen LogP contribution in [0.3, 0.4) is 0 Å². The van der Waals surface area contributed by atoms with E-state index in [1.54, 1.807) is 18.4 Å². The Morgan fingerprint density at radius 2 is 2.19 bits per heavy atom. The molecule has 3 nitrogen and oxygen atoms in total. The van der Waals surface area contributed by atoms with Gasteiger partial charge in [-0.05, 0) is 12.1 Å². The SMILES string of the molecule is COc1ccccc1-c1nc(CCO)cs1. The fraction of sp³-hybridized carbons (Fsp3) is 0.250. The Morgan fingerprint density at radius 3 is 2.94 bits per heavy atom. The van der Waals surface area contributed by atoms with Gasteiger partial charge in [0, 0.05) is 18.4 Å². The van der Waals surface area contributed by atoms with Crippen LogP contribution < -0.4 is 4.74 Å². The Hall–Kier alpha value is -1.39. The van der Waals surface area contributed by atoms with E-state index in [1.807, 2.05) is 29.6 Å². The summed E-state index contributed by atoms with van der Waals surface area (Å²) in [6.07, 6.45) is 0.603.